The molecular formula is C22H30N4O2. The molecule has 0 atom stereocenters. The van der Waals surface area contributed by atoms with Crippen LogP contribution in [-0.2, 0) is 4.74 Å². The first kappa shape index (κ1) is 20.1. The van der Waals surface area contributed by atoms with Gasteiger partial charge in [0.15, 0.2) is 0 Å². The number of carbonyl (C=O) groups is 1. The molecule has 3 rings (SSSR count). The Morgan fingerprint density at radius 3 is 2.64 bits per heavy atom. The van der Waals surface area contributed by atoms with Gasteiger partial charge in [-0.1, -0.05) is 6.92 Å². The van der Waals surface area contributed by atoms with Gasteiger partial charge in [0.25, 0.3) is 5.91 Å². The molecule has 2 heterocycles. The quantitative estimate of drug-likeness (QED) is 0.675. The Labute approximate surface area is 167 Å². The van der Waals surface area contributed by atoms with E-state index in [0.29, 0.717) is 12.3 Å². The number of benzene rings is 1. The number of aromatic nitrogens is 1. The molecule has 150 valence electrons. The molecule has 0 saturated carbocycles. The maximum atomic E-state index is 12.5. The van der Waals surface area contributed by atoms with Crippen LogP contribution in [0, 0.1) is 5.92 Å². The molecular weight excluding hydrogens is 352 g/mol. The van der Waals surface area contributed by atoms with Crippen LogP contribution in [0.5, 0.6) is 0 Å². The van der Waals surface area contributed by atoms with Crippen molar-refractivity contribution in [3.8, 4) is 0 Å². The lowest BCUT2D eigenvalue weighted by molar-refractivity contribution is 0.102. The molecule has 0 unspecified atom stereocenters. The van der Waals surface area contributed by atoms with Crippen LogP contribution in [0.3, 0.4) is 0 Å². The van der Waals surface area contributed by atoms with Gasteiger partial charge in [0.05, 0.1) is 0 Å². The lowest BCUT2D eigenvalue weighted by atomic mass is 9.99. The third-order valence-electron chi connectivity index (χ3n) is 5.12. The van der Waals surface area contributed by atoms with E-state index in [1.807, 2.05) is 18.2 Å². The first-order valence-corrected chi connectivity index (χ1v) is 10.0. The summed E-state index contributed by atoms with van der Waals surface area (Å²) in [6.07, 6.45) is 5.02. The van der Waals surface area contributed by atoms with E-state index in [1.165, 1.54) is 18.5 Å². The monoisotopic (exact) mass is 382 g/mol. The lowest BCUT2D eigenvalue weighted by Gasteiger charge is -2.32. The number of methoxy groups -OCH3 is 1. The molecule has 0 bridgehead atoms. The Bertz CT molecular complexity index is 755. The van der Waals surface area contributed by atoms with Crippen LogP contribution in [0.25, 0.3) is 0 Å². The Hall–Kier alpha value is -2.60. The topological polar surface area (TPSA) is 66.5 Å². The fourth-order valence-corrected chi connectivity index (χ4v) is 3.33. The third-order valence-corrected chi connectivity index (χ3v) is 5.12. The second-order valence-corrected chi connectivity index (χ2v) is 7.37. The number of nitrogens with one attached hydrogen (secondary N) is 2. The van der Waals surface area contributed by atoms with Crippen LogP contribution in [0.1, 0.15) is 36.7 Å². The van der Waals surface area contributed by atoms with Crippen molar-refractivity contribution >= 4 is 23.0 Å². The molecule has 0 spiro atoms. The largest absolute Gasteiger partial charge is 0.385 e. The number of nitrogens with zero attached hydrogens (tertiary/aromatic N) is 2. The number of hydrogen-bond acceptors (Lipinski definition) is 5. The first-order chi connectivity index (χ1) is 13.7. The predicted octanol–water partition coefficient (Wildman–Crippen LogP) is 4.02. The molecule has 1 aromatic carbocycles. The van der Waals surface area contributed by atoms with Crippen LogP contribution < -0.4 is 15.5 Å². The zero-order chi connectivity index (χ0) is 19.8. The molecule has 2 N–H and O–H groups in total. The van der Waals surface area contributed by atoms with Gasteiger partial charge in [-0.05, 0) is 61.6 Å². The molecule has 1 amide bonds. The standard InChI is InChI=1S/C22H30N4O2/c1-17-9-13-26(14-10-17)20-6-4-18(5-7-20)25-22(27)21-16-19(8-12-24-21)23-11-3-15-28-2/h4-8,12,16-17H,3,9-11,13-15H2,1-2H3,(H,23,24)(H,25,27). The van der Waals surface area contributed by atoms with Crippen LogP contribution in [-0.4, -0.2) is 44.2 Å². The van der Waals surface area contributed by atoms with Crippen molar-refractivity contribution in [3.63, 3.8) is 0 Å². The summed E-state index contributed by atoms with van der Waals surface area (Å²) in [5, 5.41) is 6.21. The Morgan fingerprint density at radius 1 is 1.18 bits per heavy atom. The molecule has 6 nitrogen and oxygen atoms in total. The number of ether oxygens (including phenoxy) is 1. The zero-order valence-corrected chi connectivity index (χ0v) is 16.8. The normalized spacial score (nSPS) is 14.7. The van der Waals surface area contributed by atoms with E-state index in [0.717, 1.165) is 43.3 Å². The van der Waals surface area contributed by atoms with Crippen LogP contribution in [0.2, 0.25) is 0 Å². The lowest BCUT2D eigenvalue weighted by Crippen LogP contribution is -2.32. The van der Waals surface area contributed by atoms with Crippen molar-refractivity contribution in [3.05, 3.63) is 48.3 Å². The van der Waals surface area contributed by atoms with Gasteiger partial charge < -0.3 is 20.3 Å². The highest BCUT2D eigenvalue weighted by Gasteiger charge is 2.16. The van der Waals surface area contributed by atoms with Crippen LogP contribution in [0.4, 0.5) is 17.1 Å². The second-order valence-electron chi connectivity index (χ2n) is 7.37. The van der Waals surface area contributed by atoms with Gasteiger partial charge in [0.2, 0.25) is 0 Å². The number of piperidine rings is 1. The molecule has 1 fully saturated rings. The third kappa shape index (κ3) is 5.70. The number of anilines is 3. The summed E-state index contributed by atoms with van der Waals surface area (Å²) >= 11 is 0. The van der Waals surface area contributed by atoms with Gasteiger partial charge in [0, 0.05) is 56.6 Å². The predicted molar refractivity (Wildman–Crippen MR) is 114 cm³/mol. The maximum absolute atomic E-state index is 12.5. The molecule has 1 aliphatic rings. The first-order valence-electron chi connectivity index (χ1n) is 10.0. The van der Waals surface area contributed by atoms with Gasteiger partial charge >= 0.3 is 0 Å². The number of rotatable bonds is 8. The van der Waals surface area contributed by atoms with Gasteiger partial charge in [0.1, 0.15) is 5.69 Å². The number of amides is 1. The molecule has 6 heteroatoms. The van der Waals surface area contributed by atoms with E-state index in [2.05, 4.69) is 39.6 Å². The highest BCUT2D eigenvalue weighted by molar-refractivity contribution is 6.03. The van der Waals surface area contributed by atoms with Crippen LogP contribution >= 0.6 is 0 Å². The minimum Gasteiger partial charge on any atom is -0.385 e. The van der Waals surface area contributed by atoms with Gasteiger partial charge in [-0.2, -0.15) is 0 Å². The average molecular weight is 383 g/mol. The van der Waals surface area contributed by atoms with Gasteiger partial charge in [-0.15, -0.1) is 0 Å². The van der Waals surface area contributed by atoms with E-state index in [4.69, 9.17) is 4.74 Å². The Balaban J connectivity index is 1.55. The van der Waals surface area contributed by atoms with Gasteiger partial charge in [-0.3, -0.25) is 9.78 Å². The highest BCUT2D eigenvalue weighted by atomic mass is 16.5. The smallest absolute Gasteiger partial charge is 0.274 e. The molecule has 1 saturated heterocycles. The summed E-state index contributed by atoms with van der Waals surface area (Å²) in [4.78, 5) is 19.1. The van der Waals surface area contributed by atoms with Crippen molar-refractivity contribution in [1.82, 2.24) is 4.98 Å². The van der Waals surface area contributed by atoms with E-state index in [9.17, 15) is 4.79 Å². The molecule has 0 radical (unpaired) electrons. The number of pyridine rings is 1. The van der Waals surface area contributed by atoms with Crippen molar-refractivity contribution < 1.29 is 9.53 Å². The van der Waals surface area contributed by atoms with E-state index in [1.54, 1.807) is 19.4 Å². The summed E-state index contributed by atoms with van der Waals surface area (Å²) in [6, 6.07) is 11.7. The van der Waals surface area contributed by atoms with E-state index >= 15 is 0 Å². The molecule has 0 aliphatic carbocycles. The highest BCUT2D eigenvalue weighted by Crippen LogP contribution is 2.24. The second kappa shape index (κ2) is 10.1. The Morgan fingerprint density at radius 2 is 1.93 bits per heavy atom. The van der Waals surface area contributed by atoms with Gasteiger partial charge in [-0.25, -0.2) is 0 Å². The fraction of sp³-hybridized carbons (Fsp3) is 0.455. The van der Waals surface area contributed by atoms with Crippen molar-refractivity contribution in [2.24, 2.45) is 5.92 Å². The van der Waals surface area contributed by atoms with Crippen LogP contribution in [0.15, 0.2) is 42.6 Å². The summed E-state index contributed by atoms with van der Waals surface area (Å²) in [7, 11) is 1.69. The number of hydrogen-bond donors (Lipinski definition) is 2. The minimum atomic E-state index is -0.208. The molecule has 1 aromatic heterocycles. The Kier molecular flexibility index (Phi) is 7.25. The van der Waals surface area contributed by atoms with E-state index < -0.39 is 0 Å². The summed E-state index contributed by atoms with van der Waals surface area (Å²) in [5.41, 5.74) is 3.27. The van der Waals surface area contributed by atoms with Crippen molar-refractivity contribution in [2.45, 2.75) is 26.2 Å². The van der Waals surface area contributed by atoms with E-state index in [-0.39, 0.29) is 5.91 Å². The average Bonchev–Trinajstić information content (AvgIpc) is 2.73. The maximum Gasteiger partial charge on any atom is 0.274 e. The molecule has 2 aromatic rings. The minimum absolute atomic E-state index is 0.208. The molecule has 28 heavy (non-hydrogen) atoms. The zero-order valence-electron chi connectivity index (χ0n) is 16.8. The van der Waals surface area contributed by atoms with Crippen molar-refractivity contribution in [2.75, 3.05) is 48.9 Å². The fourth-order valence-electron chi connectivity index (χ4n) is 3.33. The summed E-state index contributed by atoms with van der Waals surface area (Å²) < 4.78 is 5.04. The molecule has 1 aliphatic heterocycles. The SMILES string of the molecule is COCCCNc1ccnc(C(=O)Nc2ccc(N3CCC(C)CC3)cc2)c1. The van der Waals surface area contributed by atoms with Crippen molar-refractivity contribution in [1.29, 1.82) is 0 Å². The summed E-state index contributed by atoms with van der Waals surface area (Å²) in [5.74, 6) is 0.604. The number of carbonyl (C=O) groups excluding carboxylic acids is 1. The summed E-state index contributed by atoms with van der Waals surface area (Å²) in [6.45, 7) is 6.00.